The van der Waals surface area contributed by atoms with E-state index in [-0.39, 0.29) is 11.3 Å². The van der Waals surface area contributed by atoms with Crippen LogP contribution in [0.1, 0.15) is 26.0 Å². The zero-order valence-electron chi connectivity index (χ0n) is 11.3. The Kier molecular flexibility index (Phi) is 5.09. The highest BCUT2D eigenvalue weighted by Crippen LogP contribution is 2.20. The Bertz CT molecular complexity index is 389. The number of pyridine rings is 1. The van der Waals surface area contributed by atoms with Gasteiger partial charge in [0.2, 0.25) is 0 Å². The zero-order chi connectivity index (χ0) is 13.6. The largest absolute Gasteiger partial charge is 0.409 e. The molecule has 100 valence electrons. The number of rotatable bonds is 6. The monoisotopic (exact) mass is 250 g/mol. The van der Waals surface area contributed by atoms with Gasteiger partial charge in [0.15, 0.2) is 0 Å². The van der Waals surface area contributed by atoms with Crippen molar-refractivity contribution in [1.82, 2.24) is 9.88 Å². The Morgan fingerprint density at radius 3 is 2.78 bits per heavy atom. The summed E-state index contributed by atoms with van der Waals surface area (Å²) in [6.45, 7) is 5.60. The first-order chi connectivity index (χ1) is 8.45. The molecule has 0 amide bonds. The first kappa shape index (κ1) is 14.4. The molecular weight excluding hydrogens is 228 g/mol. The zero-order valence-corrected chi connectivity index (χ0v) is 11.3. The smallest absolute Gasteiger partial charge is 0.144 e. The Hall–Kier alpha value is -1.62. The molecule has 3 N–H and O–H groups in total. The SMILES string of the molecule is CN(CCC(C)(C)C(N)=NO)Cc1ccccn1. The summed E-state index contributed by atoms with van der Waals surface area (Å²) in [4.78, 5) is 6.46. The van der Waals surface area contributed by atoms with Crippen LogP contribution in [-0.4, -0.2) is 34.5 Å². The maximum absolute atomic E-state index is 8.71. The summed E-state index contributed by atoms with van der Waals surface area (Å²) < 4.78 is 0. The van der Waals surface area contributed by atoms with Gasteiger partial charge in [-0.05, 0) is 32.1 Å². The lowest BCUT2D eigenvalue weighted by atomic mass is 9.88. The number of amidine groups is 1. The van der Waals surface area contributed by atoms with Gasteiger partial charge in [0.1, 0.15) is 5.84 Å². The Labute approximate surface area is 108 Å². The highest BCUT2D eigenvalue weighted by molar-refractivity contribution is 5.85. The highest BCUT2D eigenvalue weighted by Gasteiger charge is 2.23. The van der Waals surface area contributed by atoms with Gasteiger partial charge in [-0.15, -0.1) is 0 Å². The van der Waals surface area contributed by atoms with Crippen LogP contribution in [0.3, 0.4) is 0 Å². The quantitative estimate of drug-likeness (QED) is 0.348. The van der Waals surface area contributed by atoms with Gasteiger partial charge in [0.25, 0.3) is 0 Å². The first-order valence-electron chi connectivity index (χ1n) is 6.02. The van der Waals surface area contributed by atoms with Crippen LogP contribution in [0.2, 0.25) is 0 Å². The molecule has 0 radical (unpaired) electrons. The molecule has 0 aliphatic carbocycles. The number of nitrogens with two attached hydrogens (primary N) is 1. The van der Waals surface area contributed by atoms with Crippen molar-refractivity contribution in [3.8, 4) is 0 Å². The number of hydrogen-bond donors (Lipinski definition) is 2. The summed E-state index contributed by atoms with van der Waals surface area (Å²) in [6, 6.07) is 5.90. The molecule has 0 aromatic carbocycles. The van der Waals surface area contributed by atoms with Gasteiger partial charge in [-0.25, -0.2) is 0 Å². The van der Waals surface area contributed by atoms with Crippen molar-refractivity contribution in [1.29, 1.82) is 0 Å². The molecule has 5 heteroatoms. The third kappa shape index (κ3) is 4.33. The van der Waals surface area contributed by atoms with Crippen LogP contribution < -0.4 is 5.73 Å². The average molecular weight is 250 g/mol. The average Bonchev–Trinajstić information content (AvgIpc) is 2.36. The standard InChI is InChI=1S/C13H22N4O/c1-13(2,12(14)16-18)7-9-17(3)10-11-6-4-5-8-15-11/h4-6,8,18H,7,9-10H2,1-3H3,(H2,14,16). The Morgan fingerprint density at radius 1 is 1.50 bits per heavy atom. The molecule has 0 spiro atoms. The van der Waals surface area contributed by atoms with Crippen molar-refractivity contribution in [2.45, 2.75) is 26.8 Å². The molecule has 0 aliphatic heterocycles. The van der Waals surface area contributed by atoms with E-state index in [4.69, 9.17) is 10.9 Å². The van der Waals surface area contributed by atoms with Gasteiger partial charge in [-0.3, -0.25) is 4.98 Å². The normalized spacial score (nSPS) is 13.0. The molecule has 0 unspecified atom stereocenters. The van der Waals surface area contributed by atoms with E-state index in [1.807, 2.05) is 39.1 Å². The summed E-state index contributed by atoms with van der Waals surface area (Å²) in [6.07, 6.45) is 2.62. The Morgan fingerprint density at radius 2 is 2.22 bits per heavy atom. The van der Waals surface area contributed by atoms with Gasteiger partial charge in [-0.1, -0.05) is 25.1 Å². The maximum atomic E-state index is 8.71. The van der Waals surface area contributed by atoms with Crippen molar-refractivity contribution in [3.05, 3.63) is 30.1 Å². The Balaban J connectivity index is 2.44. The summed E-state index contributed by atoms with van der Waals surface area (Å²) in [5, 5.41) is 11.8. The molecule has 0 aliphatic rings. The minimum absolute atomic E-state index is 0.272. The molecule has 0 atom stereocenters. The third-order valence-electron chi connectivity index (χ3n) is 3.08. The van der Waals surface area contributed by atoms with Crippen LogP contribution in [0, 0.1) is 5.41 Å². The molecule has 1 rings (SSSR count). The van der Waals surface area contributed by atoms with E-state index in [0.29, 0.717) is 0 Å². The lowest BCUT2D eigenvalue weighted by Crippen LogP contribution is -2.35. The molecule has 1 heterocycles. The minimum atomic E-state index is -0.298. The number of oxime groups is 1. The van der Waals surface area contributed by atoms with E-state index < -0.39 is 0 Å². The summed E-state index contributed by atoms with van der Waals surface area (Å²) >= 11 is 0. The molecule has 1 aromatic heterocycles. The van der Waals surface area contributed by atoms with Crippen LogP contribution in [0.25, 0.3) is 0 Å². The van der Waals surface area contributed by atoms with E-state index in [1.165, 1.54) is 0 Å². The second-order valence-corrected chi connectivity index (χ2v) is 5.18. The fraction of sp³-hybridized carbons (Fsp3) is 0.538. The molecular formula is C13H22N4O. The van der Waals surface area contributed by atoms with E-state index in [1.54, 1.807) is 6.20 Å². The van der Waals surface area contributed by atoms with Crippen molar-refractivity contribution < 1.29 is 5.21 Å². The van der Waals surface area contributed by atoms with E-state index >= 15 is 0 Å². The van der Waals surface area contributed by atoms with E-state index in [0.717, 1.165) is 25.2 Å². The molecule has 0 fully saturated rings. The van der Waals surface area contributed by atoms with Crippen LogP contribution in [-0.2, 0) is 6.54 Å². The van der Waals surface area contributed by atoms with Crippen molar-refractivity contribution >= 4 is 5.84 Å². The van der Waals surface area contributed by atoms with Gasteiger partial charge in [0.05, 0.1) is 5.69 Å². The molecule has 5 nitrogen and oxygen atoms in total. The number of hydrogen-bond acceptors (Lipinski definition) is 4. The number of aromatic nitrogens is 1. The van der Waals surface area contributed by atoms with E-state index in [2.05, 4.69) is 15.0 Å². The van der Waals surface area contributed by atoms with Gasteiger partial charge < -0.3 is 15.8 Å². The predicted octanol–water partition coefficient (Wildman–Crippen LogP) is 1.68. The van der Waals surface area contributed by atoms with Crippen molar-refractivity contribution in [3.63, 3.8) is 0 Å². The molecule has 0 bridgehead atoms. The molecule has 1 aromatic rings. The minimum Gasteiger partial charge on any atom is -0.409 e. The van der Waals surface area contributed by atoms with Crippen molar-refractivity contribution in [2.24, 2.45) is 16.3 Å². The predicted molar refractivity (Wildman–Crippen MR) is 72.4 cm³/mol. The highest BCUT2D eigenvalue weighted by atomic mass is 16.4. The molecule has 0 saturated heterocycles. The molecule has 0 saturated carbocycles. The molecule has 18 heavy (non-hydrogen) atoms. The fourth-order valence-corrected chi connectivity index (χ4v) is 1.58. The lowest BCUT2D eigenvalue weighted by Gasteiger charge is -2.26. The van der Waals surface area contributed by atoms with Crippen molar-refractivity contribution in [2.75, 3.05) is 13.6 Å². The van der Waals surface area contributed by atoms with Gasteiger partial charge >= 0.3 is 0 Å². The lowest BCUT2D eigenvalue weighted by molar-refractivity contribution is 0.270. The third-order valence-corrected chi connectivity index (χ3v) is 3.08. The van der Waals surface area contributed by atoms with Gasteiger partial charge in [0, 0.05) is 18.2 Å². The number of nitrogens with zero attached hydrogens (tertiary/aromatic N) is 3. The fourth-order valence-electron chi connectivity index (χ4n) is 1.58. The van der Waals surface area contributed by atoms with Crippen LogP contribution >= 0.6 is 0 Å². The van der Waals surface area contributed by atoms with Gasteiger partial charge in [-0.2, -0.15) is 0 Å². The van der Waals surface area contributed by atoms with Crippen LogP contribution in [0.15, 0.2) is 29.6 Å². The summed E-state index contributed by atoms with van der Waals surface area (Å²) in [5.74, 6) is 0.272. The topological polar surface area (TPSA) is 74.7 Å². The van der Waals surface area contributed by atoms with Crippen LogP contribution in [0.4, 0.5) is 0 Å². The first-order valence-corrected chi connectivity index (χ1v) is 6.02. The second kappa shape index (κ2) is 6.35. The van der Waals surface area contributed by atoms with Crippen LogP contribution in [0.5, 0.6) is 0 Å². The summed E-state index contributed by atoms with van der Waals surface area (Å²) in [7, 11) is 2.04. The summed E-state index contributed by atoms with van der Waals surface area (Å²) in [5.41, 5.74) is 6.40. The maximum Gasteiger partial charge on any atom is 0.144 e. The second-order valence-electron chi connectivity index (χ2n) is 5.18. The van der Waals surface area contributed by atoms with E-state index in [9.17, 15) is 0 Å².